The Morgan fingerprint density at radius 1 is 1.27 bits per heavy atom. The normalized spacial score (nSPS) is 15.8. The second kappa shape index (κ2) is 10.6. The number of hydrogen-bond donors (Lipinski definition) is 1. The van der Waals surface area contributed by atoms with E-state index in [1.54, 1.807) is 24.4 Å². The average molecular weight is 656 g/mol. The van der Waals surface area contributed by atoms with Crippen molar-refractivity contribution >= 4 is 61.1 Å². The van der Waals surface area contributed by atoms with Gasteiger partial charge in [-0.05, 0) is 76.5 Å². The van der Waals surface area contributed by atoms with Crippen molar-refractivity contribution in [2.75, 3.05) is 11.9 Å². The number of nitrogens with one attached hydrogen (secondary N) is 1. The highest BCUT2D eigenvalue weighted by Gasteiger charge is 2.38. The number of carbonyl (C=O) groups excluding carboxylic acids is 2. The van der Waals surface area contributed by atoms with Gasteiger partial charge < -0.3 is 10.1 Å². The molecule has 0 fully saturated rings. The van der Waals surface area contributed by atoms with Crippen molar-refractivity contribution < 1.29 is 27.5 Å². The fourth-order valence-corrected chi connectivity index (χ4v) is 7.40. The first kappa shape index (κ1) is 28.7. The van der Waals surface area contributed by atoms with Gasteiger partial charge in [-0.25, -0.2) is 14.3 Å². The highest BCUT2D eigenvalue weighted by molar-refractivity contribution is 9.10. The molecule has 0 saturated heterocycles. The topological polar surface area (TPSA) is 85.6 Å². The van der Waals surface area contributed by atoms with E-state index >= 15 is 0 Å². The maximum absolute atomic E-state index is 14.0. The van der Waals surface area contributed by atoms with Crippen molar-refractivity contribution in [2.45, 2.75) is 53.1 Å². The van der Waals surface area contributed by atoms with Gasteiger partial charge in [0.1, 0.15) is 5.00 Å². The minimum Gasteiger partial charge on any atom is -0.462 e. The molecular formula is C27H26BrF3N4O3S2. The highest BCUT2D eigenvalue weighted by atomic mass is 79.9. The molecule has 40 heavy (non-hydrogen) atoms. The first-order chi connectivity index (χ1) is 18.8. The lowest BCUT2D eigenvalue weighted by molar-refractivity contribution is -0.142. The molecule has 0 aromatic carbocycles. The Morgan fingerprint density at radius 2 is 2.02 bits per heavy atom. The first-order valence-electron chi connectivity index (χ1n) is 12.6. The Hall–Kier alpha value is -2.77. The number of anilines is 1. The third-order valence-electron chi connectivity index (χ3n) is 7.01. The van der Waals surface area contributed by atoms with E-state index in [9.17, 15) is 22.8 Å². The molecule has 0 saturated carbocycles. The Balaban J connectivity index is 1.56. The number of hydrogen-bond acceptors (Lipinski definition) is 7. The number of esters is 1. The quantitative estimate of drug-likeness (QED) is 0.221. The van der Waals surface area contributed by atoms with Gasteiger partial charge in [0.2, 0.25) is 0 Å². The zero-order valence-corrected chi connectivity index (χ0v) is 25.3. The molecule has 4 aromatic heterocycles. The average Bonchev–Trinajstić information content (AvgIpc) is 3.60. The SMILES string of the molecule is CCOC(=O)c1c(NC(=O)c2nn3c(C(F)(F)F)cc(-c4cccs4)nc3c2Br)sc2c1CC[C@H](C(C)(C)C)C2. The minimum atomic E-state index is -4.75. The summed E-state index contributed by atoms with van der Waals surface area (Å²) < 4.78 is 48.1. The van der Waals surface area contributed by atoms with Crippen LogP contribution in [0.3, 0.4) is 0 Å². The van der Waals surface area contributed by atoms with E-state index in [-0.39, 0.29) is 33.5 Å². The molecule has 4 heterocycles. The Labute approximate surface area is 244 Å². The van der Waals surface area contributed by atoms with Gasteiger partial charge in [-0.15, -0.1) is 22.7 Å². The van der Waals surface area contributed by atoms with E-state index in [0.29, 0.717) is 32.3 Å². The van der Waals surface area contributed by atoms with Gasteiger partial charge in [0.05, 0.1) is 27.2 Å². The second-order valence-corrected chi connectivity index (χ2v) is 13.4. The molecule has 13 heteroatoms. The number of amides is 1. The maximum atomic E-state index is 14.0. The lowest BCUT2D eigenvalue weighted by Crippen LogP contribution is -2.26. The number of aromatic nitrogens is 3. The van der Waals surface area contributed by atoms with Crippen LogP contribution in [-0.4, -0.2) is 33.1 Å². The minimum absolute atomic E-state index is 0.0145. The van der Waals surface area contributed by atoms with Crippen LogP contribution < -0.4 is 5.32 Å². The van der Waals surface area contributed by atoms with Crippen molar-refractivity contribution in [3.05, 3.63) is 55.4 Å². The number of halogens is 4. The van der Waals surface area contributed by atoms with Crippen LogP contribution in [0.25, 0.3) is 16.2 Å². The molecule has 4 aromatic rings. The second-order valence-electron chi connectivity index (χ2n) is 10.6. The zero-order valence-electron chi connectivity index (χ0n) is 22.1. The third-order valence-corrected chi connectivity index (χ3v) is 9.80. The van der Waals surface area contributed by atoms with Gasteiger partial charge in [0.15, 0.2) is 17.0 Å². The summed E-state index contributed by atoms with van der Waals surface area (Å²) in [4.78, 5) is 32.4. The molecule has 7 nitrogen and oxygen atoms in total. The summed E-state index contributed by atoms with van der Waals surface area (Å²) in [5.74, 6) is -0.908. The smallest absolute Gasteiger partial charge is 0.433 e. The summed E-state index contributed by atoms with van der Waals surface area (Å²) >= 11 is 5.82. The summed E-state index contributed by atoms with van der Waals surface area (Å²) in [5, 5.41) is 8.79. The molecular weight excluding hydrogens is 629 g/mol. The number of ether oxygens (including phenoxy) is 1. The molecule has 1 amide bonds. The number of nitrogens with zero attached hydrogens (tertiary/aromatic N) is 3. The monoisotopic (exact) mass is 654 g/mol. The number of thiophene rings is 2. The molecule has 0 radical (unpaired) electrons. The highest BCUT2D eigenvalue weighted by Crippen LogP contribution is 2.45. The van der Waals surface area contributed by atoms with Gasteiger partial charge >= 0.3 is 12.1 Å². The van der Waals surface area contributed by atoms with E-state index in [1.165, 1.54) is 22.7 Å². The van der Waals surface area contributed by atoms with Crippen molar-refractivity contribution in [3.8, 4) is 10.6 Å². The molecule has 0 aliphatic heterocycles. The summed E-state index contributed by atoms with van der Waals surface area (Å²) in [7, 11) is 0. The standard InChI is InChI=1S/C27H26BrF3N4O3S2/c1-5-38-25(37)19-14-9-8-13(26(2,3)4)11-17(14)40-24(19)33-23(36)21-20(28)22-32-15(16-7-6-10-39-16)12-18(27(29,30)31)35(22)34-21/h6-7,10,12-13H,5,8-9,11H2,1-4H3,(H,33,36)/t13-/m0/s1. The van der Waals surface area contributed by atoms with Gasteiger partial charge in [0, 0.05) is 4.88 Å². The van der Waals surface area contributed by atoms with Crippen LogP contribution in [0.15, 0.2) is 28.1 Å². The number of rotatable bonds is 5. The van der Waals surface area contributed by atoms with Crippen LogP contribution in [0, 0.1) is 11.3 Å². The van der Waals surface area contributed by atoms with Crippen LogP contribution >= 0.6 is 38.6 Å². The molecule has 0 unspecified atom stereocenters. The van der Waals surface area contributed by atoms with Crippen molar-refractivity contribution in [3.63, 3.8) is 0 Å². The van der Waals surface area contributed by atoms with E-state index in [1.807, 2.05) is 0 Å². The van der Waals surface area contributed by atoms with E-state index in [4.69, 9.17) is 4.74 Å². The predicted molar refractivity (Wildman–Crippen MR) is 152 cm³/mol. The Bertz CT molecular complexity index is 1600. The van der Waals surface area contributed by atoms with Crippen LogP contribution in [0.5, 0.6) is 0 Å². The molecule has 5 rings (SSSR count). The van der Waals surface area contributed by atoms with Crippen molar-refractivity contribution in [2.24, 2.45) is 11.3 Å². The molecule has 1 atom stereocenters. The Morgan fingerprint density at radius 3 is 2.65 bits per heavy atom. The number of alkyl halides is 3. The van der Waals surface area contributed by atoms with E-state index < -0.39 is 23.7 Å². The number of carbonyl (C=O) groups is 2. The molecule has 1 aliphatic carbocycles. The van der Waals surface area contributed by atoms with Gasteiger partial charge in [-0.1, -0.05) is 26.8 Å². The van der Waals surface area contributed by atoms with Crippen molar-refractivity contribution in [1.82, 2.24) is 14.6 Å². The van der Waals surface area contributed by atoms with E-state index in [2.05, 4.69) is 52.1 Å². The van der Waals surface area contributed by atoms with Crippen LogP contribution in [0.1, 0.15) is 71.1 Å². The summed E-state index contributed by atoms with van der Waals surface area (Å²) in [5.41, 5.74) is -0.144. The Kier molecular flexibility index (Phi) is 7.60. The fraction of sp³-hybridized carbons (Fsp3) is 0.407. The van der Waals surface area contributed by atoms with Crippen LogP contribution in [-0.2, 0) is 23.8 Å². The summed E-state index contributed by atoms with van der Waals surface area (Å²) in [6.07, 6.45) is -2.43. The molecule has 0 bridgehead atoms. The largest absolute Gasteiger partial charge is 0.462 e. The lowest BCUT2D eigenvalue weighted by atomic mass is 9.72. The van der Waals surface area contributed by atoms with E-state index in [0.717, 1.165) is 29.3 Å². The molecule has 212 valence electrons. The van der Waals surface area contributed by atoms with Gasteiger partial charge in [0.25, 0.3) is 5.91 Å². The molecule has 1 N–H and O–H groups in total. The summed E-state index contributed by atoms with van der Waals surface area (Å²) in [6, 6.07) is 4.30. The number of fused-ring (bicyclic) bond motifs is 2. The third kappa shape index (κ3) is 5.30. The lowest BCUT2D eigenvalue weighted by Gasteiger charge is -2.33. The molecule has 0 spiro atoms. The molecule has 1 aliphatic rings. The first-order valence-corrected chi connectivity index (χ1v) is 15.1. The maximum Gasteiger partial charge on any atom is 0.433 e. The fourth-order valence-electron chi connectivity index (χ4n) is 4.88. The predicted octanol–water partition coefficient (Wildman–Crippen LogP) is 7.88. The zero-order chi connectivity index (χ0) is 29.0. The van der Waals surface area contributed by atoms with Crippen molar-refractivity contribution in [1.29, 1.82) is 0 Å². The van der Waals surface area contributed by atoms with Gasteiger partial charge in [-0.3, -0.25) is 4.79 Å². The summed E-state index contributed by atoms with van der Waals surface area (Å²) in [6.45, 7) is 8.41. The van der Waals surface area contributed by atoms with Crippen LogP contribution in [0.4, 0.5) is 18.2 Å². The van der Waals surface area contributed by atoms with Gasteiger partial charge in [-0.2, -0.15) is 18.3 Å². The van der Waals surface area contributed by atoms with Crippen LogP contribution in [0.2, 0.25) is 0 Å².